The van der Waals surface area contributed by atoms with Crippen LogP contribution in [0.25, 0.3) is 0 Å². The lowest BCUT2D eigenvalue weighted by Crippen LogP contribution is -2.54. The molecule has 2 amide bonds. The molecule has 4 saturated carbocycles. The van der Waals surface area contributed by atoms with Gasteiger partial charge in [0, 0.05) is 30.3 Å². The molecule has 1 atom stereocenters. The molecule has 28 heavy (non-hydrogen) atoms. The van der Waals surface area contributed by atoms with Gasteiger partial charge in [0.15, 0.2) is 0 Å². The SMILES string of the molecule is CC(C)C(CNC(=O)C12CC3CC(CC(C3)C1)C2)c1ncc(C(=O)NO)cn1. The average molecular weight is 386 g/mol. The predicted octanol–water partition coefficient (Wildman–Crippen LogP) is 2.67. The number of rotatable bonds is 6. The number of hydrogen-bond donors (Lipinski definition) is 3. The van der Waals surface area contributed by atoms with Crippen molar-refractivity contribution in [3.05, 3.63) is 23.8 Å². The Kier molecular flexibility index (Phi) is 5.12. The van der Waals surface area contributed by atoms with Gasteiger partial charge in [0.25, 0.3) is 5.91 Å². The molecule has 0 aromatic carbocycles. The molecule has 1 aromatic heterocycles. The molecule has 152 valence electrons. The fourth-order valence-corrected chi connectivity index (χ4v) is 6.12. The van der Waals surface area contributed by atoms with E-state index in [2.05, 4.69) is 29.1 Å². The highest BCUT2D eigenvalue weighted by Gasteiger charge is 2.54. The Hall–Kier alpha value is -2.02. The van der Waals surface area contributed by atoms with Crippen LogP contribution < -0.4 is 10.8 Å². The van der Waals surface area contributed by atoms with Crippen molar-refractivity contribution in [1.82, 2.24) is 20.8 Å². The molecule has 5 rings (SSSR count). The second-order valence-electron chi connectivity index (χ2n) is 9.53. The van der Waals surface area contributed by atoms with Gasteiger partial charge in [-0.3, -0.25) is 14.8 Å². The number of aromatic nitrogens is 2. The molecule has 4 aliphatic rings. The average Bonchev–Trinajstić information content (AvgIpc) is 2.66. The van der Waals surface area contributed by atoms with Crippen LogP contribution >= 0.6 is 0 Å². The van der Waals surface area contributed by atoms with Gasteiger partial charge in [-0.2, -0.15) is 0 Å². The molecule has 4 fully saturated rings. The summed E-state index contributed by atoms with van der Waals surface area (Å²) in [7, 11) is 0. The summed E-state index contributed by atoms with van der Waals surface area (Å²) in [6, 6.07) is 0. The van der Waals surface area contributed by atoms with Crippen molar-refractivity contribution < 1.29 is 14.8 Å². The van der Waals surface area contributed by atoms with Crippen molar-refractivity contribution in [1.29, 1.82) is 0 Å². The van der Waals surface area contributed by atoms with Crippen LogP contribution in [0.3, 0.4) is 0 Å². The standard InChI is InChI=1S/C21H30N4O3/c1-12(2)17(18-22-9-16(10-23-18)19(26)25-28)11-24-20(27)21-6-13-3-14(7-21)5-15(4-13)8-21/h9-10,12-15,17,28H,3-8,11H2,1-2H3,(H,24,27)(H,25,26). The van der Waals surface area contributed by atoms with E-state index in [1.54, 1.807) is 5.48 Å². The summed E-state index contributed by atoms with van der Waals surface area (Å²) in [5.74, 6) is 2.63. The van der Waals surface area contributed by atoms with Crippen molar-refractivity contribution in [2.24, 2.45) is 29.1 Å². The minimum atomic E-state index is -0.636. The van der Waals surface area contributed by atoms with Gasteiger partial charge in [0.2, 0.25) is 5.91 Å². The Morgan fingerprint density at radius 2 is 1.64 bits per heavy atom. The highest BCUT2D eigenvalue weighted by atomic mass is 16.5. The molecule has 1 heterocycles. The Balaban J connectivity index is 1.43. The van der Waals surface area contributed by atoms with Gasteiger partial charge in [-0.15, -0.1) is 0 Å². The van der Waals surface area contributed by atoms with Crippen LogP contribution in [0, 0.1) is 29.1 Å². The molecule has 0 spiro atoms. The topological polar surface area (TPSA) is 104 Å². The molecular formula is C21H30N4O3. The fourth-order valence-electron chi connectivity index (χ4n) is 6.12. The van der Waals surface area contributed by atoms with Crippen molar-refractivity contribution in [2.45, 2.75) is 58.3 Å². The third kappa shape index (κ3) is 3.52. The number of amides is 2. The van der Waals surface area contributed by atoms with E-state index in [-0.39, 0.29) is 28.7 Å². The highest BCUT2D eigenvalue weighted by molar-refractivity contribution is 5.92. The lowest BCUT2D eigenvalue weighted by molar-refractivity contribution is -0.146. The summed E-state index contributed by atoms with van der Waals surface area (Å²) in [5, 5.41) is 11.9. The van der Waals surface area contributed by atoms with Gasteiger partial charge in [0.05, 0.1) is 5.56 Å². The Labute approximate surface area is 165 Å². The van der Waals surface area contributed by atoms with Gasteiger partial charge in [-0.05, 0) is 62.2 Å². The number of hydrogen-bond acceptors (Lipinski definition) is 5. The number of nitrogens with one attached hydrogen (secondary N) is 2. The molecule has 7 heteroatoms. The zero-order valence-corrected chi connectivity index (χ0v) is 16.6. The Morgan fingerprint density at radius 1 is 1.11 bits per heavy atom. The van der Waals surface area contributed by atoms with Gasteiger partial charge in [-0.1, -0.05) is 13.8 Å². The molecule has 1 unspecified atom stereocenters. The predicted molar refractivity (Wildman–Crippen MR) is 102 cm³/mol. The van der Waals surface area contributed by atoms with Crippen molar-refractivity contribution in [3.63, 3.8) is 0 Å². The van der Waals surface area contributed by atoms with Crippen LogP contribution in [0.15, 0.2) is 12.4 Å². The lowest BCUT2D eigenvalue weighted by Gasteiger charge is -2.55. The second kappa shape index (κ2) is 7.43. The van der Waals surface area contributed by atoms with Crippen LogP contribution in [0.5, 0.6) is 0 Å². The third-order valence-electron chi connectivity index (χ3n) is 7.17. The lowest BCUT2D eigenvalue weighted by atomic mass is 9.49. The summed E-state index contributed by atoms with van der Waals surface area (Å²) in [6.07, 6.45) is 9.94. The third-order valence-corrected chi connectivity index (χ3v) is 7.17. The van der Waals surface area contributed by atoms with Crippen molar-refractivity contribution >= 4 is 11.8 Å². The van der Waals surface area contributed by atoms with E-state index in [9.17, 15) is 9.59 Å². The summed E-state index contributed by atoms with van der Waals surface area (Å²) in [5.41, 5.74) is 1.63. The van der Waals surface area contributed by atoms with E-state index in [0.717, 1.165) is 37.0 Å². The smallest absolute Gasteiger partial charge is 0.277 e. The zero-order chi connectivity index (χ0) is 19.9. The summed E-state index contributed by atoms with van der Waals surface area (Å²) < 4.78 is 0. The second-order valence-corrected chi connectivity index (χ2v) is 9.53. The summed E-state index contributed by atoms with van der Waals surface area (Å²) in [4.78, 5) is 33.3. The molecule has 0 radical (unpaired) electrons. The maximum absolute atomic E-state index is 13.2. The van der Waals surface area contributed by atoms with Crippen molar-refractivity contribution in [2.75, 3.05) is 6.54 Å². The van der Waals surface area contributed by atoms with E-state index in [1.165, 1.54) is 31.7 Å². The Morgan fingerprint density at radius 3 is 2.11 bits per heavy atom. The maximum atomic E-state index is 13.2. The first-order valence-corrected chi connectivity index (χ1v) is 10.4. The molecule has 3 N–H and O–H groups in total. The quantitative estimate of drug-likeness (QED) is 0.515. The molecule has 0 aliphatic heterocycles. The molecule has 1 aromatic rings. The van der Waals surface area contributed by atoms with Crippen LogP contribution in [-0.4, -0.2) is 33.5 Å². The molecular weight excluding hydrogens is 356 g/mol. The minimum absolute atomic E-state index is 0.0240. The van der Waals surface area contributed by atoms with Crippen molar-refractivity contribution in [3.8, 4) is 0 Å². The highest BCUT2D eigenvalue weighted by Crippen LogP contribution is 2.60. The number of hydroxylamine groups is 1. The van der Waals surface area contributed by atoms with Crippen LogP contribution in [-0.2, 0) is 4.79 Å². The minimum Gasteiger partial charge on any atom is -0.355 e. The summed E-state index contributed by atoms with van der Waals surface area (Å²) in [6.45, 7) is 4.67. The van der Waals surface area contributed by atoms with Crippen LogP contribution in [0.1, 0.15) is 74.5 Å². The molecule has 4 bridgehead atoms. The maximum Gasteiger partial charge on any atom is 0.277 e. The Bertz CT molecular complexity index is 711. The van der Waals surface area contributed by atoms with Gasteiger partial charge < -0.3 is 5.32 Å². The van der Waals surface area contributed by atoms with Crippen LogP contribution in [0.4, 0.5) is 0 Å². The van der Waals surface area contributed by atoms with E-state index in [1.807, 2.05) is 0 Å². The molecule has 0 saturated heterocycles. The van der Waals surface area contributed by atoms with E-state index in [0.29, 0.717) is 12.4 Å². The summed E-state index contributed by atoms with van der Waals surface area (Å²) >= 11 is 0. The fraction of sp³-hybridized carbons (Fsp3) is 0.714. The largest absolute Gasteiger partial charge is 0.355 e. The first kappa shape index (κ1) is 19.3. The zero-order valence-electron chi connectivity index (χ0n) is 16.6. The number of carbonyl (C=O) groups excluding carboxylic acids is 2. The van der Waals surface area contributed by atoms with Crippen LogP contribution in [0.2, 0.25) is 0 Å². The first-order valence-electron chi connectivity index (χ1n) is 10.4. The number of nitrogens with zero attached hydrogens (tertiary/aromatic N) is 2. The molecule has 4 aliphatic carbocycles. The van der Waals surface area contributed by atoms with Gasteiger partial charge in [-0.25, -0.2) is 15.4 Å². The van der Waals surface area contributed by atoms with E-state index < -0.39 is 5.91 Å². The molecule has 7 nitrogen and oxygen atoms in total. The number of carbonyl (C=O) groups is 2. The van der Waals surface area contributed by atoms with E-state index in [4.69, 9.17) is 5.21 Å². The monoisotopic (exact) mass is 386 g/mol. The van der Waals surface area contributed by atoms with Gasteiger partial charge >= 0.3 is 0 Å². The first-order chi connectivity index (χ1) is 13.4. The van der Waals surface area contributed by atoms with E-state index >= 15 is 0 Å². The van der Waals surface area contributed by atoms with Gasteiger partial charge in [0.1, 0.15) is 5.82 Å². The normalized spacial score (nSPS) is 31.6.